The van der Waals surface area contributed by atoms with Gasteiger partial charge in [-0.15, -0.1) is 0 Å². The molecule has 0 saturated carbocycles. The Morgan fingerprint density at radius 1 is 0.875 bits per heavy atom. The lowest BCUT2D eigenvalue weighted by atomic mass is 10.1. The zero-order chi connectivity index (χ0) is 11.5. The van der Waals surface area contributed by atoms with E-state index in [9.17, 15) is 0 Å². The third-order valence-corrected chi connectivity index (χ3v) is 2.62. The van der Waals surface area contributed by atoms with Crippen LogP contribution in [0.25, 0.3) is 11.1 Å². The van der Waals surface area contributed by atoms with Crippen LogP contribution in [0.15, 0.2) is 36.7 Å². The molecule has 0 saturated heterocycles. The molecule has 0 N–H and O–H groups in total. The second-order valence-electron chi connectivity index (χ2n) is 4.31. The summed E-state index contributed by atoms with van der Waals surface area (Å²) in [5, 5.41) is 0. The molecule has 0 aliphatic rings. The zero-order valence-electron chi connectivity index (χ0n) is 9.94. The van der Waals surface area contributed by atoms with Crippen molar-refractivity contribution in [2.45, 2.75) is 26.7 Å². The van der Waals surface area contributed by atoms with Crippen LogP contribution in [0.5, 0.6) is 0 Å². The van der Waals surface area contributed by atoms with Crippen molar-refractivity contribution in [2.75, 3.05) is 0 Å². The predicted molar refractivity (Wildman–Crippen MR) is 66.3 cm³/mol. The first-order valence-corrected chi connectivity index (χ1v) is 5.56. The van der Waals surface area contributed by atoms with Crippen LogP contribution in [0.3, 0.4) is 0 Å². The molecule has 0 aromatic carbocycles. The van der Waals surface area contributed by atoms with Crippen LogP contribution in [0.2, 0.25) is 0 Å². The fraction of sp³-hybridized carbons (Fsp3) is 0.286. The highest BCUT2D eigenvalue weighted by Gasteiger charge is 2.02. The van der Waals surface area contributed by atoms with E-state index in [-0.39, 0.29) is 0 Å². The van der Waals surface area contributed by atoms with Crippen LogP contribution < -0.4 is 0 Å². The molecular formula is C14H16N2. The van der Waals surface area contributed by atoms with Crippen molar-refractivity contribution in [1.29, 1.82) is 0 Å². The van der Waals surface area contributed by atoms with Gasteiger partial charge in [0.2, 0.25) is 0 Å². The summed E-state index contributed by atoms with van der Waals surface area (Å²) in [6.07, 6.45) is 3.81. The molecule has 0 spiro atoms. The minimum Gasteiger partial charge on any atom is -0.261 e. The second-order valence-corrected chi connectivity index (χ2v) is 4.31. The molecule has 16 heavy (non-hydrogen) atoms. The summed E-state index contributed by atoms with van der Waals surface area (Å²) in [5.41, 5.74) is 4.41. The second kappa shape index (κ2) is 4.44. The van der Waals surface area contributed by atoms with Gasteiger partial charge in [0.05, 0.1) is 0 Å². The topological polar surface area (TPSA) is 25.8 Å². The van der Waals surface area contributed by atoms with E-state index in [0.717, 1.165) is 22.5 Å². The molecule has 82 valence electrons. The Morgan fingerprint density at radius 2 is 1.50 bits per heavy atom. The summed E-state index contributed by atoms with van der Waals surface area (Å²) < 4.78 is 0. The van der Waals surface area contributed by atoms with Gasteiger partial charge in [-0.3, -0.25) is 9.97 Å². The fourth-order valence-corrected chi connectivity index (χ4v) is 1.56. The van der Waals surface area contributed by atoms with Crippen molar-refractivity contribution in [3.05, 3.63) is 48.0 Å². The monoisotopic (exact) mass is 212 g/mol. The molecule has 0 atom stereocenters. The first-order chi connectivity index (χ1) is 7.66. The molecule has 0 bridgehead atoms. The van der Waals surface area contributed by atoms with Crippen molar-refractivity contribution >= 4 is 0 Å². The summed E-state index contributed by atoms with van der Waals surface area (Å²) in [4.78, 5) is 8.73. The molecule has 0 amide bonds. The van der Waals surface area contributed by atoms with E-state index < -0.39 is 0 Å². The molecule has 2 heteroatoms. The number of aryl methyl sites for hydroxylation is 1. The first-order valence-electron chi connectivity index (χ1n) is 5.56. The van der Waals surface area contributed by atoms with Crippen LogP contribution in [0.4, 0.5) is 0 Å². The maximum absolute atomic E-state index is 4.45. The number of rotatable bonds is 2. The lowest BCUT2D eigenvalue weighted by Crippen LogP contribution is -1.92. The summed E-state index contributed by atoms with van der Waals surface area (Å²) in [6, 6.07) is 8.29. The molecule has 2 aromatic rings. The Balaban J connectivity index is 2.31. The first kappa shape index (κ1) is 10.8. The van der Waals surface area contributed by atoms with E-state index in [1.54, 1.807) is 0 Å². The van der Waals surface area contributed by atoms with E-state index >= 15 is 0 Å². The Kier molecular flexibility index (Phi) is 3.00. The van der Waals surface area contributed by atoms with Crippen LogP contribution in [-0.2, 0) is 0 Å². The van der Waals surface area contributed by atoms with Crippen LogP contribution in [-0.4, -0.2) is 9.97 Å². The summed E-state index contributed by atoms with van der Waals surface area (Å²) >= 11 is 0. The number of nitrogens with zero attached hydrogens (tertiary/aromatic N) is 2. The van der Waals surface area contributed by atoms with E-state index in [2.05, 4.69) is 42.0 Å². The maximum Gasteiger partial charge on any atom is 0.0429 e. The van der Waals surface area contributed by atoms with Gasteiger partial charge in [-0.1, -0.05) is 26.0 Å². The molecule has 2 heterocycles. The van der Waals surface area contributed by atoms with Crippen molar-refractivity contribution in [3.63, 3.8) is 0 Å². The maximum atomic E-state index is 4.45. The van der Waals surface area contributed by atoms with E-state index in [4.69, 9.17) is 0 Å². The minimum atomic E-state index is 0.477. The van der Waals surface area contributed by atoms with Gasteiger partial charge in [0.1, 0.15) is 0 Å². The normalized spacial score (nSPS) is 10.8. The van der Waals surface area contributed by atoms with Gasteiger partial charge in [0, 0.05) is 34.9 Å². The molecule has 0 radical (unpaired) electrons. The van der Waals surface area contributed by atoms with Gasteiger partial charge in [-0.25, -0.2) is 0 Å². The third-order valence-electron chi connectivity index (χ3n) is 2.62. The number of aromatic nitrogens is 2. The number of pyridine rings is 2. The highest BCUT2D eigenvalue weighted by atomic mass is 14.7. The third kappa shape index (κ3) is 2.27. The molecule has 2 aromatic heterocycles. The van der Waals surface area contributed by atoms with Crippen LogP contribution >= 0.6 is 0 Å². The Morgan fingerprint density at radius 3 is 1.94 bits per heavy atom. The minimum absolute atomic E-state index is 0.477. The molecule has 0 aliphatic heterocycles. The van der Waals surface area contributed by atoms with Gasteiger partial charge >= 0.3 is 0 Å². The lowest BCUT2D eigenvalue weighted by Gasteiger charge is -2.05. The average Bonchev–Trinajstić information content (AvgIpc) is 2.30. The molecule has 0 unspecified atom stereocenters. The van der Waals surface area contributed by atoms with Crippen LogP contribution in [0.1, 0.15) is 31.2 Å². The highest BCUT2D eigenvalue weighted by Crippen LogP contribution is 2.19. The Hall–Kier alpha value is -1.70. The van der Waals surface area contributed by atoms with Gasteiger partial charge in [0.25, 0.3) is 0 Å². The molecular weight excluding hydrogens is 196 g/mol. The SMILES string of the molecule is Cc1ccc(-c2ccc(C(C)C)nc2)cn1. The predicted octanol–water partition coefficient (Wildman–Crippen LogP) is 3.58. The van der Waals surface area contributed by atoms with Crippen molar-refractivity contribution in [2.24, 2.45) is 0 Å². The Bertz CT molecular complexity index is 455. The van der Waals surface area contributed by atoms with Crippen molar-refractivity contribution < 1.29 is 0 Å². The van der Waals surface area contributed by atoms with E-state index in [0.29, 0.717) is 5.92 Å². The molecule has 0 aliphatic carbocycles. The quantitative estimate of drug-likeness (QED) is 0.760. The zero-order valence-corrected chi connectivity index (χ0v) is 9.94. The fourth-order valence-electron chi connectivity index (χ4n) is 1.56. The van der Waals surface area contributed by atoms with Gasteiger partial charge in [-0.05, 0) is 25.0 Å². The van der Waals surface area contributed by atoms with Crippen LogP contribution in [0, 0.1) is 6.92 Å². The highest BCUT2D eigenvalue weighted by molar-refractivity contribution is 5.61. The van der Waals surface area contributed by atoms with E-state index in [1.165, 1.54) is 0 Å². The van der Waals surface area contributed by atoms with Gasteiger partial charge < -0.3 is 0 Å². The van der Waals surface area contributed by atoms with Crippen molar-refractivity contribution in [3.8, 4) is 11.1 Å². The number of hydrogen-bond donors (Lipinski definition) is 0. The summed E-state index contributed by atoms with van der Waals surface area (Å²) in [6.45, 7) is 6.29. The van der Waals surface area contributed by atoms with Crippen molar-refractivity contribution in [1.82, 2.24) is 9.97 Å². The van der Waals surface area contributed by atoms with Gasteiger partial charge in [-0.2, -0.15) is 0 Å². The summed E-state index contributed by atoms with van der Waals surface area (Å²) in [7, 11) is 0. The number of hydrogen-bond acceptors (Lipinski definition) is 2. The van der Waals surface area contributed by atoms with E-state index in [1.807, 2.05) is 25.4 Å². The average molecular weight is 212 g/mol. The standard InChI is InChI=1S/C14H16N2/c1-10(2)14-7-6-13(9-16-14)12-5-4-11(3)15-8-12/h4-10H,1-3H3. The van der Waals surface area contributed by atoms with Gasteiger partial charge in [0.15, 0.2) is 0 Å². The Labute approximate surface area is 96.4 Å². The smallest absolute Gasteiger partial charge is 0.0429 e. The largest absolute Gasteiger partial charge is 0.261 e. The molecule has 2 rings (SSSR count). The summed E-state index contributed by atoms with van der Waals surface area (Å²) in [5.74, 6) is 0.477. The molecule has 0 fully saturated rings. The molecule has 2 nitrogen and oxygen atoms in total. The lowest BCUT2D eigenvalue weighted by molar-refractivity contribution is 0.823.